The zero-order valence-corrected chi connectivity index (χ0v) is 18.9. The van der Waals surface area contributed by atoms with Gasteiger partial charge in [-0.1, -0.05) is 23.7 Å². The fourth-order valence-corrected chi connectivity index (χ4v) is 3.81. The molecule has 0 bridgehead atoms. The molecule has 3 amide bonds. The first-order chi connectivity index (χ1) is 16.3. The molecular formula is C24H15ClF2N2O4S. The Morgan fingerprint density at radius 2 is 1.59 bits per heavy atom. The number of carbonyl (C=O) groups is 3. The molecule has 3 aromatic rings. The van der Waals surface area contributed by atoms with Gasteiger partial charge in [-0.2, -0.15) is 0 Å². The molecule has 0 N–H and O–H groups in total. The minimum atomic E-state index is -1.07. The second-order valence-electron chi connectivity index (χ2n) is 7.16. The minimum absolute atomic E-state index is 0.125. The summed E-state index contributed by atoms with van der Waals surface area (Å²) in [6, 6.07) is 14.9. The summed E-state index contributed by atoms with van der Waals surface area (Å²) in [7, 11) is 0. The van der Waals surface area contributed by atoms with Crippen molar-refractivity contribution in [2.45, 2.75) is 0 Å². The molecule has 0 atom stereocenters. The van der Waals surface area contributed by atoms with Crippen molar-refractivity contribution in [3.63, 3.8) is 0 Å². The summed E-state index contributed by atoms with van der Waals surface area (Å²) in [5.41, 5.74) is 0.381. The molecular weight excluding hydrogens is 486 g/mol. The smallest absolute Gasteiger partial charge is 0.271 e. The van der Waals surface area contributed by atoms with Gasteiger partial charge in [-0.3, -0.25) is 19.3 Å². The lowest BCUT2D eigenvalue weighted by Gasteiger charge is -2.24. The Morgan fingerprint density at radius 3 is 2.18 bits per heavy atom. The van der Waals surface area contributed by atoms with Crippen LogP contribution >= 0.6 is 23.8 Å². The Bertz CT molecular complexity index is 1280. The van der Waals surface area contributed by atoms with E-state index in [0.29, 0.717) is 22.2 Å². The van der Waals surface area contributed by atoms with Gasteiger partial charge in [0.25, 0.3) is 22.9 Å². The molecule has 1 heterocycles. The molecule has 0 aromatic heterocycles. The summed E-state index contributed by atoms with van der Waals surface area (Å²) in [5, 5.41) is 0.0363. The molecule has 0 saturated heterocycles. The molecule has 1 aliphatic rings. The van der Waals surface area contributed by atoms with Gasteiger partial charge in [0.2, 0.25) is 0 Å². The Labute approximate surface area is 203 Å². The second kappa shape index (κ2) is 9.66. The van der Waals surface area contributed by atoms with Crippen LogP contribution in [0.2, 0.25) is 5.02 Å². The molecule has 0 unspecified atom stereocenters. The molecule has 172 valence electrons. The van der Waals surface area contributed by atoms with Gasteiger partial charge >= 0.3 is 0 Å². The molecule has 34 heavy (non-hydrogen) atoms. The number of ether oxygens (including phenoxy) is 1. The van der Waals surface area contributed by atoms with Crippen LogP contribution in [-0.2, 0) is 4.74 Å². The highest BCUT2D eigenvalue weighted by molar-refractivity contribution is 7.80. The lowest BCUT2D eigenvalue weighted by atomic mass is 10.1. The average Bonchev–Trinajstić information content (AvgIpc) is 3.05. The number of amides is 3. The van der Waals surface area contributed by atoms with Gasteiger partial charge in [0.05, 0.1) is 28.9 Å². The van der Waals surface area contributed by atoms with Crippen LogP contribution in [-0.4, -0.2) is 40.9 Å². The van der Waals surface area contributed by atoms with E-state index in [4.69, 9.17) is 28.6 Å². The van der Waals surface area contributed by atoms with Gasteiger partial charge in [0, 0.05) is 11.1 Å². The summed E-state index contributed by atoms with van der Waals surface area (Å²) in [4.78, 5) is 40.0. The van der Waals surface area contributed by atoms with E-state index >= 15 is 0 Å². The van der Waals surface area contributed by atoms with Crippen LogP contribution in [0.1, 0.15) is 31.1 Å². The zero-order chi connectivity index (χ0) is 24.4. The molecule has 4 rings (SSSR count). The van der Waals surface area contributed by atoms with Gasteiger partial charge in [-0.05, 0) is 60.7 Å². The predicted octanol–water partition coefficient (Wildman–Crippen LogP) is 4.86. The summed E-state index contributed by atoms with van der Waals surface area (Å²) in [6.07, 6.45) is 0. The van der Waals surface area contributed by atoms with Crippen LogP contribution in [0.15, 0.2) is 66.7 Å². The fourth-order valence-electron chi connectivity index (χ4n) is 3.41. The number of benzene rings is 3. The number of hydrogen-bond acceptors (Lipinski definition) is 5. The summed E-state index contributed by atoms with van der Waals surface area (Å²) < 4.78 is 33.1. The van der Waals surface area contributed by atoms with Crippen molar-refractivity contribution in [2.24, 2.45) is 0 Å². The normalized spacial score (nSPS) is 12.5. The van der Waals surface area contributed by atoms with Gasteiger partial charge < -0.3 is 4.74 Å². The Balaban J connectivity index is 1.52. The van der Waals surface area contributed by atoms with Gasteiger partial charge in [-0.25, -0.2) is 13.7 Å². The molecule has 3 aromatic carbocycles. The lowest BCUT2D eigenvalue weighted by Crippen LogP contribution is -2.40. The predicted molar refractivity (Wildman–Crippen MR) is 125 cm³/mol. The molecule has 0 fully saturated rings. The third-order valence-corrected chi connectivity index (χ3v) is 5.60. The topological polar surface area (TPSA) is 66.9 Å². The number of thiocarbonyl (C=S) groups is 1. The maximum absolute atomic E-state index is 14.3. The number of hydrogen-bond donors (Lipinski definition) is 0. The lowest BCUT2D eigenvalue weighted by molar-refractivity contribution is 0.0627. The van der Waals surface area contributed by atoms with E-state index < -0.39 is 34.9 Å². The van der Waals surface area contributed by atoms with Crippen molar-refractivity contribution in [2.75, 3.05) is 18.1 Å². The standard InChI is InChI=1S/C24H15ClF2N2O4S/c25-14-5-8-16(9-6-14)29(23(32)19-10-7-15(26)13-20(19)27)24(34)33-12-11-28-21(30)17-3-1-2-4-18(17)22(28)31/h1-10,13H,11-12H2. The van der Waals surface area contributed by atoms with E-state index in [9.17, 15) is 23.2 Å². The van der Waals surface area contributed by atoms with E-state index in [1.54, 1.807) is 24.3 Å². The second-order valence-corrected chi connectivity index (χ2v) is 7.95. The van der Waals surface area contributed by atoms with Gasteiger partial charge in [-0.15, -0.1) is 0 Å². The monoisotopic (exact) mass is 500 g/mol. The number of rotatable bonds is 5. The molecule has 6 nitrogen and oxygen atoms in total. The van der Waals surface area contributed by atoms with Crippen molar-refractivity contribution in [3.05, 3.63) is 100 Å². The van der Waals surface area contributed by atoms with Crippen molar-refractivity contribution >= 4 is 52.4 Å². The van der Waals surface area contributed by atoms with E-state index in [1.165, 1.54) is 24.3 Å². The van der Waals surface area contributed by atoms with Crippen LogP contribution in [0.4, 0.5) is 14.5 Å². The van der Waals surface area contributed by atoms with E-state index in [0.717, 1.165) is 21.9 Å². The third kappa shape index (κ3) is 4.52. The highest BCUT2D eigenvalue weighted by Gasteiger charge is 2.35. The Kier molecular flexibility index (Phi) is 6.67. The largest absolute Gasteiger partial charge is 0.468 e. The van der Waals surface area contributed by atoms with Gasteiger partial charge in [0.1, 0.15) is 18.2 Å². The van der Waals surface area contributed by atoms with Crippen molar-refractivity contribution in [1.82, 2.24) is 4.90 Å². The molecule has 0 radical (unpaired) electrons. The van der Waals surface area contributed by atoms with Gasteiger partial charge in [0.15, 0.2) is 0 Å². The van der Waals surface area contributed by atoms with Crippen molar-refractivity contribution in [1.29, 1.82) is 0 Å². The van der Waals surface area contributed by atoms with E-state index in [1.807, 2.05) is 0 Å². The molecule has 0 aliphatic carbocycles. The van der Waals surface area contributed by atoms with E-state index in [-0.39, 0.29) is 24.0 Å². The molecule has 0 saturated carbocycles. The van der Waals surface area contributed by atoms with E-state index in [2.05, 4.69) is 0 Å². The Morgan fingerprint density at radius 1 is 0.971 bits per heavy atom. The molecule has 10 heteroatoms. The SMILES string of the molecule is O=C1c2ccccc2C(=O)N1CCOC(=S)N(C(=O)c1ccc(F)cc1F)c1ccc(Cl)cc1. The minimum Gasteiger partial charge on any atom is -0.468 e. The number of nitrogens with zero attached hydrogens (tertiary/aromatic N) is 2. The average molecular weight is 501 g/mol. The maximum Gasteiger partial charge on any atom is 0.271 e. The number of halogens is 3. The first-order valence-electron chi connectivity index (χ1n) is 9.95. The summed E-state index contributed by atoms with van der Waals surface area (Å²) >= 11 is 11.2. The summed E-state index contributed by atoms with van der Waals surface area (Å²) in [5.74, 6) is -3.74. The molecule has 1 aliphatic heterocycles. The van der Waals surface area contributed by atoms with Crippen LogP contribution < -0.4 is 4.90 Å². The third-order valence-electron chi connectivity index (χ3n) is 5.05. The van der Waals surface area contributed by atoms with Crippen LogP contribution in [0.3, 0.4) is 0 Å². The van der Waals surface area contributed by atoms with Crippen LogP contribution in [0.5, 0.6) is 0 Å². The summed E-state index contributed by atoms with van der Waals surface area (Å²) in [6.45, 7) is -0.340. The van der Waals surface area contributed by atoms with Crippen molar-refractivity contribution < 1.29 is 27.9 Å². The number of anilines is 1. The highest BCUT2D eigenvalue weighted by atomic mass is 35.5. The first-order valence-corrected chi connectivity index (χ1v) is 10.7. The number of carbonyl (C=O) groups excluding carboxylic acids is 3. The van der Waals surface area contributed by atoms with Crippen LogP contribution in [0.25, 0.3) is 0 Å². The fraction of sp³-hybridized carbons (Fsp3) is 0.0833. The van der Waals surface area contributed by atoms with Crippen molar-refractivity contribution in [3.8, 4) is 0 Å². The zero-order valence-electron chi connectivity index (χ0n) is 17.3. The molecule has 0 spiro atoms. The maximum atomic E-state index is 14.3. The van der Waals surface area contributed by atoms with Crippen LogP contribution in [0, 0.1) is 11.6 Å². The Hall–Kier alpha value is -3.69. The number of fused-ring (bicyclic) bond motifs is 1. The highest BCUT2D eigenvalue weighted by Crippen LogP contribution is 2.24. The number of imide groups is 1. The quantitative estimate of drug-likeness (QED) is 0.369. The first kappa shape index (κ1) is 23.5.